The molecule has 2 fully saturated rings. The molecule has 1 aromatic carbocycles. The largest absolute Gasteiger partial charge is 0.316 e. The predicted molar refractivity (Wildman–Crippen MR) is 61.6 cm³/mol. The van der Waals surface area contributed by atoms with Crippen molar-refractivity contribution in [3.8, 4) is 0 Å². The fourth-order valence-electron chi connectivity index (χ4n) is 2.87. The Kier molecular flexibility index (Phi) is 2.47. The van der Waals surface area contributed by atoms with Crippen LogP contribution in [0.25, 0.3) is 0 Å². The van der Waals surface area contributed by atoms with E-state index in [0.29, 0.717) is 0 Å². The Morgan fingerprint density at radius 2 is 2.13 bits per heavy atom. The lowest BCUT2D eigenvalue weighted by Crippen LogP contribution is -2.62. The zero-order chi connectivity index (χ0) is 10.1. The molecule has 80 valence electrons. The highest BCUT2D eigenvalue weighted by molar-refractivity contribution is 5.15. The maximum absolute atomic E-state index is 3.47. The van der Waals surface area contributed by atoms with Crippen LogP contribution in [-0.2, 0) is 6.54 Å². The van der Waals surface area contributed by atoms with Crippen molar-refractivity contribution in [1.82, 2.24) is 10.2 Å². The first-order valence-electron chi connectivity index (χ1n) is 5.92. The van der Waals surface area contributed by atoms with Crippen molar-refractivity contribution < 1.29 is 0 Å². The van der Waals surface area contributed by atoms with Crippen molar-refractivity contribution in [2.75, 3.05) is 19.6 Å². The SMILES string of the molecule is c1ccc(CN2C[C@H]3CNCC[C@@H]32)cc1. The second-order valence-corrected chi connectivity index (χ2v) is 4.74. The van der Waals surface area contributed by atoms with Gasteiger partial charge in [-0.2, -0.15) is 0 Å². The molecule has 2 aliphatic rings. The highest BCUT2D eigenvalue weighted by atomic mass is 15.2. The monoisotopic (exact) mass is 202 g/mol. The van der Waals surface area contributed by atoms with E-state index in [0.717, 1.165) is 18.5 Å². The minimum atomic E-state index is 0.853. The molecular formula is C13H18N2. The molecule has 0 unspecified atom stereocenters. The summed E-state index contributed by atoms with van der Waals surface area (Å²) in [7, 11) is 0. The first-order valence-corrected chi connectivity index (χ1v) is 5.92. The molecule has 1 aromatic rings. The van der Waals surface area contributed by atoms with E-state index in [4.69, 9.17) is 0 Å². The van der Waals surface area contributed by atoms with E-state index in [2.05, 4.69) is 40.5 Å². The summed E-state index contributed by atoms with van der Waals surface area (Å²) in [5.41, 5.74) is 1.45. The highest BCUT2D eigenvalue weighted by Gasteiger charge is 2.39. The van der Waals surface area contributed by atoms with Gasteiger partial charge in [0, 0.05) is 25.7 Å². The van der Waals surface area contributed by atoms with Crippen LogP contribution in [0.4, 0.5) is 0 Å². The highest BCUT2D eigenvalue weighted by Crippen LogP contribution is 2.30. The maximum atomic E-state index is 3.47. The average molecular weight is 202 g/mol. The van der Waals surface area contributed by atoms with Crippen LogP contribution in [0.5, 0.6) is 0 Å². The van der Waals surface area contributed by atoms with E-state index >= 15 is 0 Å². The molecular weight excluding hydrogens is 184 g/mol. The molecule has 0 radical (unpaired) electrons. The molecule has 0 aliphatic carbocycles. The molecule has 0 spiro atoms. The molecule has 2 atom stereocenters. The summed E-state index contributed by atoms with van der Waals surface area (Å²) in [6.07, 6.45) is 1.33. The molecule has 2 heteroatoms. The van der Waals surface area contributed by atoms with E-state index in [1.165, 1.54) is 31.6 Å². The average Bonchev–Trinajstić information content (AvgIpc) is 2.27. The van der Waals surface area contributed by atoms with Crippen LogP contribution in [0.1, 0.15) is 12.0 Å². The van der Waals surface area contributed by atoms with Gasteiger partial charge in [0.25, 0.3) is 0 Å². The minimum absolute atomic E-state index is 0.853. The quantitative estimate of drug-likeness (QED) is 0.781. The van der Waals surface area contributed by atoms with Crippen LogP contribution in [0.2, 0.25) is 0 Å². The first-order chi connectivity index (χ1) is 7.43. The lowest BCUT2D eigenvalue weighted by Gasteiger charge is -2.51. The fraction of sp³-hybridized carbons (Fsp3) is 0.538. The molecule has 15 heavy (non-hydrogen) atoms. The van der Waals surface area contributed by atoms with Crippen LogP contribution in [0.15, 0.2) is 30.3 Å². The normalized spacial score (nSPS) is 30.7. The van der Waals surface area contributed by atoms with Gasteiger partial charge in [0.2, 0.25) is 0 Å². The molecule has 2 nitrogen and oxygen atoms in total. The zero-order valence-electron chi connectivity index (χ0n) is 9.02. The Bertz CT molecular complexity index is 323. The second-order valence-electron chi connectivity index (χ2n) is 4.74. The van der Waals surface area contributed by atoms with Gasteiger partial charge in [-0.1, -0.05) is 30.3 Å². The van der Waals surface area contributed by atoms with Crippen molar-refractivity contribution >= 4 is 0 Å². The number of hydrogen-bond acceptors (Lipinski definition) is 2. The Labute approximate surface area is 91.3 Å². The van der Waals surface area contributed by atoms with Crippen molar-refractivity contribution in [3.05, 3.63) is 35.9 Å². The van der Waals surface area contributed by atoms with Crippen molar-refractivity contribution in [2.24, 2.45) is 5.92 Å². The summed E-state index contributed by atoms with van der Waals surface area (Å²) < 4.78 is 0. The maximum Gasteiger partial charge on any atom is 0.0236 e. The van der Waals surface area contributed by atoms with Gasteiger partial charge in [0.15, 0.2) is 0 Å². The first kappa shape index (κ1) is 9.37. The summed E-state index contributed by atoms with van der Waals surface area (Å²) >= 11 is 0. The van der Waals surface area contributed by atoms with E-state index in [1.807, 2.05) is 0 Å². The molecule has 0 aromatic heterocycles. The molecule has 0 bridgehead atoms. The van der Waals surface area contributed by atoms with Crippen LogP contribution >= 0.6 is 0 Å². The van der Waals surface area contributed by atoms with Crippen molar-refractivity contribution in [2.45, 2.75) is 19.0 Å². The van der Waals surface area contributed by atoms with Gasteiger partial charge in [-0.05, 0) is 24.4 Å². The van der Waals surface area contributed by atoms with Gasteiger partial charge in [-0.25, -0.2) is 0 Å². The van der Waals surface area contributed by atoms with Gasteiger partial charge in [0.05, 0.1) is 0 Å². The van der Waals surface area contributed by atoms with Crippen LogP contribution in [0, 0.1) is 5.92 Å². The van der Waals surface area contributed by atoms with Crippen molar-refractivity contribution in [1.29, 1.82) is 0 Å². The summed E-state index contributed by atoms with van der Waals surface area (Å²) in [5.74, 6) is 0.919. The number of fused-ring (bicyclic) bond motifs is 1. The smallest absolute Gasteiger partial charge is 0.0236 e. The van der Waals surface area contributed by atoms with E-state index in [9.17, 15) is 0 Å². The van der Waals surface area contributed by atoms with Crippen molar-refractivity contribution in [3.63, 3.8) is 0 Å². The summed E-state index contributed by atoms with van der Waals surface area (Å²) in [6, 6.07) is 11.7. The fourth-order valence-corrected chi connectivity index (χ4v) is 2.87. The molecule has 0 amide bonds. The zero-order valence-corrected chi connectivity index (χ0v) is 9.02. The van der Waals surface area contributed by atoms with Gasteiger partial charge < -0.3 is 5.32 Å². The van der Waals surface area contributed by atoms with Gasteiger partial charge in [0.1, 0.15) is 0 Å². The molecule has 2 heterocycles. The third-order valence-electron chi connectivity index (χ3n) is 3.73. The lowest BCUT2D eigenvalue weighted by molar-refractivity contribution is -0.0121. The molecule has 2 saturated heterocycles. The van der Waals surface area contributed by atoms with E-state index < -0.39 is 0 Å². The number of nitrogens with one attached hydrogen (secondary N) is 1. The Hall–Kier alpha value is -0.860. The summed E-state index contributed by atoms with van der Waals surface area (Å²) in [5, 5.41) is 3.47. The Balaban J connectivity index is 1.61. The van der Waals surface area contributed by atoms with Crippen LogP contribution in [-0.4, -0.2) is 30.6 Å². The molecule has 2 aliphatic heterocycles. The van der Waals surface area contributed by atoms with Gasteiger partial charge in [-0.3, -0.25) is 4.90 Å². The summed E-state index contributed by atoms with van der Waals surface area (Å²) in [4.78, 5) is 2.63. The third kappa shape index (κ3) is 1.80. The van der Waals surface area contributed by atoms with Crippen LogP contribution < -0.4 is 5.32 Å². The number of benzene rings is 1. The van der Waals surface area contributed by atoms with Gasteiger partial charge >= 0.3 is 0 Å². The minimum Gasteiger partial charge on any atom is -0.316 e. The van der Waals surface area contributed by atoms with Gasteiger partial charge in [-0.15, -0.1) is 0 Å². The number of rotatable bonds is 2. The molecule has 0 saturated carbocycles. The van der Waals surface area contributed by atoms with E-state index in [1.54, 1.807) is 0 Å². The lowest BCUT2D eigenvalue weighted by atomic mass is 9.83. The van der Waals surface area contributed by atoms with Crippen LogP contribution in [0.3, 0.4) is 0 Å². The standard InChI is InChI=1S/C13H18N2/c1-2-4-11(5-3-1)9-15-10-12-8-14-7-6-13(12)15/h1-5,12-14H,6-10H2/t12-,13+/m1/s1. The Morgan fingerprint density at radius 1 is 1.27 bits per heavy atom. The second kappa shape index (κ2) is 3.95. The molecule has 1 N–H and O–H groups in total. The summed E-state index contributed by atoms with van der Waals surface area (Å²) in [6.45, 7) is 4.86. The Morgan fingerprint density at radius 3 is 2.93 bits per heavy atom. The number of piperidine rings is 1. The topological polar surface area (TPSA) is 15.3 Å². The third-order valence-corrected chi connectivity index (χ3v) is 3.73. The van der Waals surface area contributed by atoms with E-state index in [-0.39, 0.29) is 0 Å². The predicted octanol–water partition coefficient (Wildman–Crippen LogP) is 1.48. The number of hydrogen-bond donors (Lipinski definition) is 1. The molecule has 3 rings (SSSR count). The number of likely N-dealkylation sites (tertiary alicyclic amines) is 1. The number of nitrogens with zero attached hydrogens (tertiary/aromatic N) is 1.